The Hall–Kier alpha value is -4.16. The van der Waals surface area contributed by atoms with E-state index in [9.17, 15) is 33.9 Å². The van der Waals surface area contributed by atoms with Crippen molar-refractivity contribution in [1.82, 2.24) is 30.2 Å². The maximum atomic E-state index is 14.6. The summed E-state index contributed by atoms with van der Waals surface area (Å²) in [6.07, 6.45) is 2.26. The Kier molecular flexibility index (Phi) is 15.9. The number of phenols is 1. The third-order valence-corrected chi connectivity index (χ3v) is 10.6. The van der Waals surface area contributed by atoms with E-state index in [0.717, 1.165) is 0 Å². The topological polar surface area (TPSA) is 160 Å². The molecule has 1 aromatic carbocycles. The molecule has 0 spiro atoms. The minimum atomic E-state index is -1.11. The van der Waals surface area contributed by atoms with Crippen LogP contribution in [0.4, 0.5) is 0 Å². The zero-order chi connectivity index (χ0) is 40.6. The first-order valence-corrected chi connectivity index (χ1v) is 19.7. The van der Waals surface area contributed by atoms with Gasteiger partial charge in [0, 0.05) is 34.1 Å². The number of benzene rings is 1. The Balaban J connectivity index is 2.23. The minimum absolute atomic E-state index is 0.00467. The van der Waals surface area contributed by atoms with Crippen molar-refractivity contribution < 1.29 is 33.9 Å². The SMILES string of the molecule is CC(C)C[C@@H]1NC(=O)[C@H](CC(C)C)N(C)C(=O)[C@@H](CC(C)C)N(C)C(=O)[C@H](Cc2ccc(O)cc2)NC(=O)[C@@H]2CCCN2C(=O)[C@H](CC(C)C)N(C)C1=O. The van der Waals surface area contributed by atoms with Crippen molar-refractivity contribution in [1.29, 1.82) is 0 Å². The minimum Gasteiger partial charge on any atom is -0.508 e. The quantitative estimate of drug-likeness (QED) is 0.330. The van der Waals surface area contributed by atoms with Gasteiger partial charge < -0.3 is 35.3 Å². The third kappa shape index (κ3) is 11.4. The number of nitrogens with zero attached hydrogens (tertiary/aromatic N) is 4. The van der Waals surface area contributed by atoms with Crippen LogP contribution in [0.25, 0.3) is 0 Å². The summed E-state index contributed by atoms with van der Waals surface area (Å²) in [5.41, 5.74) is 0.673. The summed E-state index contributed by atoms with van der Waals surface area (Å²) in [7, 11) is 4.68. The van der Waals surface area contributed by atoms with Crippen LogP contribution in [0.1, 0.15) is 99.5 Å². The number of phenolic OH excluding ortho intramolecular Hbond substituents is 1. The van der Waals surface area contributed by atoms with E-state index in [0.29, 0.717) is 50.6 Å². The van der Waals surface area contributed by atoms with Gasteiger partial charge in [0.1, 0.15) is 42.0 Å². The number of rotatable bonds is 10. The second kappa shape index (κ2) is 19.4. The van der Waals surface area contributed by atoms with Gasteiger partial charge in [-0.05, 0) is 79.9 Å². The Morgan fingerprint density at radius 3 is 1.56 bits per heavy atom. The molecule has 0 aromatic heterocycles. The standard InChI is InChI=1S/C41H66N6O7/c1-24(2)19-30-38(51)46(11)35(22-27(7)8)41(54)47-18-12-13-32(47)36(49)43-31(23-28-14-16-29(48)17-15-28)39(52)45(10)34(21-26(5)6)40(53)44(9)33(20-25(3)4)37(50)42-30/h14-17,24-27,30-35,48H,12-13,18-23H2,1-11H3,(H,42,50)(H,43,49)/t30-,31-,32-,33-,34+,35-/m0/s1. The van der Waals surface area contributed by atoms with Crippen molar-refractivity contribution >= 4 is 35.4 Å². The monoisotopic (exact) mass is 754 g/mol. The first kappa shape index (κ1) is 44.2. The fourth-order valence-electron chi connectivity index (χ4n) is 7.61. The van der Waals surface area contributed by atoms with Gasteiger partial charge in [-0.3, -0.25) is 28.8 Å². The van der Waals surface area contributed by atoms with Crippen LogP contribution in [0.3, 0.4) is 0 Å². The molecule has 2 heterocycles. The van der Waals surface area contributed by atoms with Crippen LogP contribution in [0.2, 0.25) is 0 Å². The number of nitrogens with one attached hydrogen (secondary N) is 2. The lowest BCUT2D eigenvalue weighted by Gasteiger charge is -2.39. The number of likely N-dealkylation sites (N-methyl/N-ethyl adjacent to an activating group) is 3. The molecule has 2 aliphatic rings. The Morgan fingerprint density at radius 2 is 1.04 bits per heavy atom. The van der Waals surface area contributed by atoms with Gasteiger partial charge in [0.25, 0.3) is 0 Å². The van der Waals surface area contributed by atoms with E-state index in [-0.39, 0.29) is 41.7 Å². The fourth-order valence-corrected chi connectivity index (χ4v) is 7.61. The van der Waals surface area contributed by atoms with E-state index >= 15 is 0 Å². The van der Waals surface area contributed by atoms with Crippen molar-refractivity contribution in [2.45, 2.75) is 137 Å². The van der Waals surface area contributed by atoms with Crippen LogP contribution in [-0.4, -0.2) is 124 Å². The summed E-state index contributed by atoms with van der Waals surface area (Å²) in [5.74, 6) is -2.57. The average molecular weight is 755 g/mol. The predicted molar refractivity (Wildman–Crippen MR) is 208 cm³/mol. The van der Waals surface area contributed by atoms with Gasteiger partial charge in [-0.25, -0.2) is 0 Å². The van der Waals surface area contributed by atoms with Crippen LogP contribution in [-0.2, 0) is 35.2 Å². The third-order valence-electron chi connectivity index (χ3n) is 10.6. The molecule has 302 valence electrons. The highest BCUT2D eigenvalue weighted by molar-refractivity contribution is 5.98. The lowest BCUT2D eigenvalue weighted by Crippen LogP contribution is -2.62. The summed E-state index contributed by atoms with van der Waals surface area (Å²) in [6, 6.07) is 0.570. The largest absolute Gasteiger partial charge is 0.508 e. The smallest absolute Gasteiger partial charge is 0.246 e. The normalized spacial score (nSPS) is 25.8. The van der Waals surface area contributed by atoms with Crippen LogP contribution in [0.15, 0.2) is 24.3 Å². The Bertz CT molecular complexity index is 1480. The summed E-state index contributed by atoms with van der Waals surface area (Å²) in [4.78, 5) is 92.3. The predicted octanol–water partition coefficient (Wildman–Crippen LogP) is 3.57. The zero-order valence-corrected chi connectivity index (χ0v) is 34.4. The Morgan fingerprint density at radius 1 is 0.593 bits per heavy atom. The van der Waals surface area contributed by atoms with Gasteiger partial charge in [-0.1, -0.05) is 67.5 Å². The number of carbonyl (C=O) groups is 6. The molecule has 3 N–H and O–H groups in total. The van der Waals surface area contributed by atoms with Crippen molar-refractivity contribution in [3.05, 3.63) is 29.8 Å². The van der Waals surface area contributed by atoms with Gasteiger partial charge in [-0.2, -0.15) is 0 Å². The second-order valence-electron chi connectivity index (χ2n) is 17.1. The summed E-state index contributed by atoms with van der Waals surface area (Å²) in [6.45, 7) is 15.9. The van der Waals surface area contributed by atoms with Gasteiger partial charge in [-0.15, -0.1) is 0 Å². The first-order valence-electron chi connectivity index (χ1n) is 19.7. The highest BCUT2D eigenvalue weighted by Gasteiger charge is 2.44. The van der Waals surface area contributed by atoms with Gasteiger partial charge in [0.05, 0.1) is 0 Å². The maximum Gasteiger partial charge on any atom is 0.246 e. The molecule has 54 heavy (non-hydrogen) atoms. The molecule has 3 rings (SSSR count). The molecule has 0 radical (unpaired) electrons. The van der Waals surface area contributed by atoms with Crippen LogP contribution < -0.4 is 10.6 Å². The van der Waals surface area contributed by atoms with Crippen molar-refractivity contribution in [3.8, 4) is 5.75 Å². The van der Waals surface area contributed by atoms with E-state index < -0.39 is 65.8 Å². The molecular weight excluding hydrogens is 688 g/mol. The first-order chi connectivity index (χ1) is 25.2. The van der Waals surface area contributed by atoms with E-state index in [4.69, 9.17) is 0 Å². The molecule has 1 aromatic rings. The van der Waals surface area contributed by atoms with Crippen LogP contribution >= 0.6 is 0 Å². The lowest BCUT2D eigenvalue weighted by atomic mass is 9.95. The molecule has 2 saturated heterocycles. The number of carbonyl (C=O) groups excluding carboxylic acids is 6. The number of hydrogen-bond donors (Lipinski definition) is 3. The molecule has 2 aliphatic heterocycles. The second-order valence-corrected chi connectivity index (χ2v) is 17.1. The van der Waals surface area contributed by atoms with Crippen molar-refractivity contribution in [2.24, 2.45) is 23.7 Å². The molecule has 13 nitrogen and oxygen atoms in total. The highest BCUT2D eigenvalue weighted by atomic mass is 16.3. The number of aromatic hydroxyl groups is 1. The number of hydrogen-bond acceptors (Lipinski definition) is 7. The summed E-state index contributed by atoms with van der Waals surface area (Å²) in [5, 5.41) is 15.8. The molecule has 13 heteroatoms. The highest BCUT2D eigenvalue weighted by Crippen LogP contribution is 2.25. The van der Waals surface area contributed by atoms with Crippen molar-refractivity contribution in [3.63, 3.8) is 0 Å². The summed E-state index contributed by atoms with van der Waals surface area (Å²) >= 11 is 0. The maximum absolute atomic E-state index is 14.6. The molecule has 0 unspecified atom stereocenters. The number of amides is 6. The van der Waals surface area contributed by atoms with Crippen molar-refractivity contribution in [2.75, 3.05) is 27.7 Å². The van der Waals surface area contributed by atoms with E-state index in [1.807, 2.05) is 55.4 Å². The van der Waals surface area contributed by atoms with E-state index in [2.05, 4.69) is 10.6 Å². The van der Waals surface area contributed by atoms with Crippen LogP contribution in [0, 0.1) is 23.7 Å². The van der Waals surface area contributed by atoms with E-state index in [1.165, 1.54) is 31.7 Å². The van der Waals surface area contributed by atoms with Gasteiger partial charge in [0.2, 0.25) is 35.4 Å². The molecule has 2 fully saturated rings. The summed E-state index contributed by atoms with van der Waals surface area (Å²) < 4.78 is 0. The molecule has 0 saturated carbocycles. The Labute approximate surface area is 322 Å². The number of fused-ring (bicyclic) bond motifs is 1. The van der Waals surface area contributed by atoms with Crippen LogP contribution in [0.5, 0.6) is 5.75 Å². The van der Waals surface area contributed by atoms with Gasteiger partial charge in [0.15, 0.2) is 0 Å². The average Bonchev–Trinajstić information content (AvgIpc) is 3.59. The molecule has 6 atom stereocenters. The van der Waals surface area contributed by atoms with E-state index in [1.54, 1.807) is 33.3 Å². The molecule has 0 bridgehead atoms. The fraction of sp³-hybridized carbons (Fsp3) is 0.707. The molecule has 0 aliphatic carbocycles. The van der Waals surface area contributed by atoms with Gasteiger partial charge >= 0.3 is 0 Å². The lowest BCUT2D eigenvalue weighted by molar-refractivity contribution is -0.152. The molecule has 6 amide bonds. The molecular formula is C41H66N6O7. The zero-order valence-electron chi connectivity index (χ0n) is 34.4.